The molecule has 1 unspecified atom stereocenters. The zero-order valence-corrected chi connectivity index (χ0v) is 15.4. The summed E-state index contributed by atoms with van der Waals surface area (Å²) in [4.78, 5) is 9.19. The van der Waals surface area contributed by atoms with E-state index in [0.717, 1.165) is 57.5 Å². The van der Waals surface area contributed by atoms with Crippen molar-refractivity contribution >= 4 is 11.6 Å². The number of methoxy groups -OCH3 is 1. The van der Waals surface area contributed by atoms with E-state index in [0.29, 0.717) is 6.10 Å². The first-order chi connectivity index (χ1) is 12.3. The van der Waals surface area contributed by atoms with Crippen LogP contribution in [0.25, 0.3) is 0 Å². The average Bonchev–Trinajstić information content (AvgIpc) is 3.19. The number of guanidine groups is 1. The molecule has 138 valence electrons. The third-order valence-corrected chi connectivity index (χ3v) is 4.98. The number of hydrogen-bond donors (Lipinski definition) is 1. The molecular weight excluding hydrogens is 316 g/mol. The maximum atomic E-state index is 5.69. The molecule has 0 aromatic heterocycles. The van der Waals surface area contributed by atoms with Gasteiger partial charge in [0.05, 0.1) is 13.2 Å². The Bertz CT molecular complexity index is 564. The largest absolute Gasteiger partial charge is 0.497 e. The first kappa shape index (κ1) is 17.9. The number of nitrogens with zero attached hydrogens (tertiary/aromatic N) is 3. The van der Waals surface area contributed by atoms with Gasteiger partial charge in [-0.1, -0.05) is 6.07 Å². The predicted molar refractivity (Wildman–Crippen MR) is 102 cm³/mol. The summed E-state index contributed by atoms with van der Waals surface area (Å²) in [6.45, 7) is 5.76. The Morgan fingerprint density at radius 3 is 2.84 bits per heavy atom. The van der Waals surface area contributed by atoms with E-state index in [-0.39, 0.29) is 0 Å². The average molecular weight is 346 g/mol. The molecule has 3 rings (SSSR count). The fraction of sp³-hybridized carbons (Fsp3) is 0.632. The minimum absolute atomic E-state index is 0.426. The van der Waals surface area contributed by atoms with Crippen molar-refractivity contribution in [3.8, 4) is 5.75 Å². The lowest BCUT2D eigenvalue weighted by Crippen LogP contribution is -2.52. The van der Waals surface area contributed by atoms with Crippen molar-refractivity contribution in [2.75, 3.05) is 58.4 Å². The van der Waals surface area contributed by atoms with Crippen LogP contribution in [0.2, 0.25) is 0 Å². The lowest BCUT2D eigenvalue weighted by atomic mass is 10.2. The van der Waals surface area contributed by atoms with E-state index in [2.05, 4.69) is 32.2 Å². The SMILES string of the molecule is CN=C(NCCC1CCCO1)N1CCN(c2cccc(OC)c2)CC1. The zero-order chi connectivity index (χ0) is 17.5. The van der Waals surface area contributed by atoms with Crippen LogP contribution in [0, 0.1) is 0 Å². The molecule has 1 N–H and O–H groups in total. The summed E-state index contributed by atoms with van der Waals surface area (Å²) >= 11 is 0. The predicted octanol–water partition coefficient (Wildman–Crippen LogP) is 1.96. The Morgan fingerprint density at radius 2 is 2.16 bits per heavy atom. The van der Waals surface area contributed by atoms with Crippen LogP contribution in [0.15, 0.2) is 29.3 Å². The van der Waals surface area contributed by atoms with Gasteiger partial charge < -0.3 is 24.6 Å². The second kappa shape index (κ2) is 8.94. The van der Waals surface area contributed by atoms with Gasteiger partial charge in [-0.3, -0.25) is 4.99 Å². The lowest BCUT2D eigenvalue weighted by Gasteiger charge is -2.37. The Morgan fingerprint density at radius 1 is 1.32 bits per heavy atom. The highest BCUT2D eigenvalue weighted by atomic mass is 16.5. The van der Waals surface area contributed by atoms with Crippen molar-refractivity contribution in [1.29, 1.82) is 0 Å². The number of aliphatic imine (C=N–C) groups is 1. The summed E-state index contributed by atoms with van der Waals surface area (Å²) in [5.74, 6) is 1.91. The van der Waals surface area contributed by atoms with Crippen LogP contribution < -0.4 is 15.0 Å². The van der Waals surface area contributed by atoms with Crippen LogP contribution in [0.4, 0.5) is 5.69 Å². The van der Waals surface area contributed by atoms with Crippen LogP contribution in [-0.4, -0.2) is 70.5 Å². The minimum Gasteiger partial charge on any atom is -0.497 e. The summed E-state index contributed by atoms with van der Waals surface area (Å²) in [6, 6.07) is 8.28. The third kappa shape index (κ3) is 4.78. The molecule has 1 aromatic rings. The summed E-state index contributed by atoms with van der Waals surface area (Å²) in [6.07, 6.45) is 3.88. The molecule has 0 radical (unpaired) electrons. The van der Waals surface area contributed by atoms with Gasteiger partial charge in [0.1, 0.15) is 5.75 Å². The maximum absolute atomic E-state index is 5.69. The fourth-order valence-electron chi connectivity index (χ4n) is 3.53. The normalized spacial score (nSPS) is 21.5. The highest BCUT2D eigenvalue weighted by Crippen LogP contribution is 2.22. The molecule has 2 saturated heterocycles. The molecule has 2 aliphatic heterocycles. The highest BCUT2D eigenvalue weighted by Gasteiger charge is 2.21. The van der Waals surface area contributed by atoms with Gasteiger partial charge >= 0.3 is 0 Å². The molecule has 0 amide bonds. The second-order valence-electron chi connectivity index (χ2n) is 6.57. The number of ether oxygens (including phenoxy) is 2. The van der Waals surface area contributed by atoms with E-state index in [4.69, 9.17) is 9.47 Å². The Labute approximate surface area is 150 Å². The molecular formula is C19H30N4O2. The van der Waals surface area contributed by atoms with Crippen LogP contribution in [0.3, 0.4) is 0 Å². The Hall–Kier alpha value is -1.95. The number of rotatable bonds is 5. The van der Waals surface area contributed by atoms with Gasteiger partial charge in [-0.15, -0.1) is 0 Å². The molecule has 2 heterocycles. The number of piperazine rings is 1. The topological polar surface area (TPSA) is 49.3 Å². The smallest absolute Gasteiger partial charge is 0.193 e. The van der Waals surface area contributed by atoms with E-state index in [1.54, 1.807) is 7.11 Å². The molecule has 6 nitrogen and oxygen atoms in total. The Kier molecular flexibility index (Phi) is 6.39. The quantitative estimate of drug-likeness (QED) is 0.652. The molecule has 1 aromatic carbocycles. The second-order valence-corrected chi connectivity index (χ2v) is 6.57. The van der Waals surface area contributed by atoms with Crippen LogP contribution in [-0.2, 0) is 4.74 Å². The van der Waals surface area contributed by atoms with Gasteiger partial charge in [0.2, 0.25) is 0 Å². The van der Waals surface area contributed by atoms with Gasteiger partial charge in [0.25, 0.3) is 0 Å². The number of nitrogens with one attached hydrogen (secondary N) is 1. The van der Waals surface area contributed by atoms with Gasteiger partial charge in [-0.2, -0.15) is 0 Å². The zero-order valence-electron chi connectivity index (χ0n) is 15.4. The number of hydrogen-bond acceptors (Lipinski definition) is 4. The lowest BCUT2D eigenvalue weighted by molar-refractivity contribution is 0.105. The van der Waals surface area contributed by atoms with Gasteiger partial charge in [0, 0.05) is 58.1 Å². The van der Waals surface area contributed by atoms with Crippen molar-refractivity contribution < 1.29 is 9.47 Å². The van der Waals surface area contributed by atoms with Gasteiger partial charge in [-0.05, 0) is 31.4 Å². The molecule has 2 fully saturated rings. The molecule has 6 heteroatoms. The Balaban J connectivity index is 1.46. The van der Waals surface area contributed by atoms with E-state index in [9.17, 15) is 0 Å². The molecule has 0 saturated carbocycles. The van der Waals surface area contributed by atoms with Gasteiger partial charge in [-0.25, -0.2) is 0 Å². The molecule has 1 atom stereocenters. The molecule has 25 heavy (non-hydrogen) atoms. The van der Waals surface area contributed by atoms with Crippen molar-refractivity contribution in [2.24, 2.45) is 4.99 Å². The van der Waals surface area contributed by atoms with Crippen molar-refractivity contribution in [2.45, 2.75) is 25.4 Å². The van der Waals surface area contributed by atoms with Gasteiger partial charge in [0.15, 0.2) is 5.96 Å². The first-order valence-corrected chi connectivity index (χ1v) is 9.26. The molecule has 2 aliphatic rings. The van der Waals surface area contributed by atoms with E-state index in [1.807, 2.05) is 19.2 Å². The minimum atomic E-state index is 0.426. The van der Waals surface area contributed by atoms with Crippen LogP contribution in [0.1, 0.15) is 19.3 Å². The van der Waals surface area contributed by atoms with Crippen molar-refractivity contribution in [3.63, 3.8) is 0 Å². The van der Waals surface area contributed by atoms with E-state index in [1.165, 1.54) is 18.5 Å². The summed E-state index contributed by atoms with van der Waals surface area (Å²) in [5, 5.41) is 3.50. The number of benzene rings is 1. The van der Waals surface area contributed by atoms with E-state index < -0.39 is 0 Å². The third-order valence-electron chi connectivity index (χ3n) is 4.98. The summed E-state index contributed by atoms with van der Waals surface area (Å²) in [5.41, 5.74) is 1.22. The molecule has 0 aliphatic carbocycles. The standard InChI is InChI=1S/C19H30N4O2/c1-20-19(21-9-8-17-7-4-14-25-17)23-12-10-22(11-13-23)16-5-3-6-18(15-16)24-2/h3,5-6,15,17H,4,7-14H2,1-2H3,(H,20,21). The number of anilines is 1. The van der Waals surface area contributed by atoms with Crippen LogP contribution >= 0.6 is 0 Å². The summed E-state index contributed by atoms with van der Waals surface area (Å²) in [7, 11) is 3.58. The maximum Gasteiger partial charge on any atom is 0.193 e. The fourth-order valence-corrected chi connectivity index (χ4v) is 3.53. The van der Waals surface area contributed by atoms with Crippen LogP contribution in [0.5, 0.6) is 5.75 Å². The van der Waals surface area contributed by atoms with Crippen molar-refractivity contribution in [3.05, 3.63) is 24.3 Å². The highest BCUT2D eigenvalue weighted by molar-refractivity contribution is 5.80. The molecule has 0 bridgehead atoms. The van der Waals surface area contributed by atoms with E-state index >= 15 is 0 Å². The molecule has 0 spiro atoms. The first-order valence-electron chi connectivity index (χ1n) is 9.26. The van der Waals surface area contributed by atoms with Crippen molar-refractivity contribution in [1.82, 2.24) is 10.2 Å². The summed E-state index contributed by atoms with van der Waals surface area (Å²) < 4.78 is 11.0. The monoisotopic (exact) mass is 346 g/mol.